The molecule has 2 rings (SSSR count). The SMILES string of the molecule is COC(=O)CCN1C(=O)CCc2cc([N+](=O)[O-])ccc21. The molecule has 1 aliphatic rings. The molecule has 0 fully saturated rings. The number of methoxy groups -OCH3 is 1. The summed E-state index contributed by atoms with van der Waals surface area (Å²) in [6.45, 7) is 0.219. The quantitative estimate of drug-likeness (QED) is 0.472. The first kappa shape index (κ1) is 14.0. The highest BCUT2D eigenvalue weighted by atomic mass is 16.6. The lowest BCUT2D eigenvalue weighted by Crippen LogP contribution is -2.36. The largest absolute Gasteiger partial charge is 0.469 e. The number of fused-ring (bicyclic) bond motifs is 1. The predicted octanol–water partition coefficient (Wildman–Crippen LogP) is 1.44. The number of non-ortho nitro benzene ring substituents is 1. The first-order valence-corrected chi connectivity index (χ1v) is 6.17. The molecule has 1 aromatic carbocycles. The number of hydrogen-bond donors (Lipinski definition) is 0. The number of nitrogens with zero attached hydrogens (tertiary/aromatic N) is 2. The summed E-state index contributed by atoms with van der Waals surface area (Å²) in [6, 6.07) is 4.40. The van der Waals surface area contributed by atoms with Gasteiger partial charge in [0.05, 0.1) is 18.5 Å². The number of carbonyl (C=O) groups excluding carboxylic acids is 2. The summed E-state index contributed by atoms with van der Waals surface area (Å²) >= 11 is 0. The van der Waals surface area contributed by atoms with Crippen LogP contribution in [0.25, 0.3) is 0 Å². The number of carbonyl (C=O) groups is 2. The van der Waals surface area contributed by atoms with Crippen LogP contribution in [-0.2, 0) is 20.7 Å². The van der Waals surface area contributed by atoms with Crippen LogP contribution in [-0.4, -0.2) is 30.5 Å². The van der Waals surface area contributed by atoms with Crippen molar-refractivity contribution >= 4 is 23.3 Å². The van der Waals surface area contributed by atoms with Crippen LogP contribution in [0, 0.1) is 10.1 Å². The van der Waals surface area contributed by atoms with Crippen LogP contribution in [0.4, 0.5) is 11.4 Å². The number of hydrogen-bond acceptors (Lipinski definition) is 5. The molecule has 1 aliphatic heterocycles. The summed E-state index contributed by atoms with van der Waals surface area (Å²) < 4.78 is 4.55. The van der Waals surface area contributed by atoms with Gasteiger partial charge >= 0.3 is 5.97 Å². The van der Waals surface area contributed by atoms with Crippen molar-refractivity contribution in [2.75, 3.05) is 18.6 Å². The van der Waals surface area contributed by atoms with Crippen LogP contribution in [0.1, 0.15) is 18.4 Å². The van der Waals surface area contributed by atoms with Gasteiger partial charge in [0, 0.05) is 30.8 Å². The van der Waals surface area contributed by atoms with Crippen LogP contribution in [0.3, 0.4) is 0 Å². The minimum Gasteiger partial charge on any atom is -0.469 e. The smallest absolute Gasteiger partial charge is 0.307 e. The van der Waals surface area contributed by atoms with Crippen LogP contribution in [0.15, 0.2) is 18.2 Å². The molecule has 0 unspecified atom stereocenters. The fraction of sp³-hybridized carbons (Fsp3) is 0.385. The molecule has 0 bridgehead atoms. The molecule has 7 heteroatoms. The summed E-state index contributed by atoms with van der Waals surface area (Å²) in [5, 5.41) is 10.8. The van der Waals surface area contributed by atoms with Crippen molar-refractivity contribution in [3.63, 3.8) is 0 Å². The molecule has 20 heavy (non-hydrogen) atoms. The third-order valence-electron chi connectivity index (χ3n) is 3.24. The molecular weight excluding hydrogens is 264 g/mol. The Bertz CT molecular complexity index is 570. The summed E-state index contributed by atoms with van der Waals surface area (Å²) in [6.07, 6.45) is 0.860. The lowest BCUT2D eigenvalue weighted by atomic mass is 10.0. The van der Waals surface area contributed by atoms with Crippen LogP contribution < -0.4 is 4.90 Å². The van der Waals surface area contributed by atoms with E-state index in [0.29, 0.717) is 12.1 Å². The van der Waals surface area contributed by atoms with Crippen LogP contribution in [0.2, 0.25) is 0 Å². The Balaban J connectivity index is 2.25. The number of nitro groups is 1. The van der Waals surface area contributed by atoms with E-state index in [9.17, 15) is 19.7 Å². The van der Waals surface area contributed by atoms with Crippen molar-refractivity contribution in [3.05, 3.63) is 33.9 Å². The number of benzene rings is 1. The van der Waals surface area contributed by atoms with Crippen molar-refractivity contribution in [2.24, 2.45) is 0 Å². The van der Waals surface area contributed by atoms with E-state index >= 15 is 0 Å². The van der Waals surface area contributed by atoms with Gasteiger partial charge in [-0.3, -0.25) is 19.7 Å². The Morgan fingerprint density at radius 1 is 1.45 bits per heavy atom. The van der Waals surface area contributed by atoms with Gasteiger partial charge in [-0.1, -0.05) is 0 Å². The fourth-order valence-corrected chi connectivity index (χ4v) is 2.21. The standard InChI is InChI=1S/C13H14N2O5/c1-20-13(17)6-7-14-11-4-3-10(15(18)19)8-9(11)2-5-12(14)16/h3-4,8H,2,5-7H2,1H3. The van der Waals surface area contributed by atoms with Gasteiger partial charge < -0.3 is 9.64 Å². The van der Waals surface area contributed by atoms with Gasteiger partial charge in [-0.25, -0.2) is 0 Å². The Morgan fingerprint density at radius 2 is 2.20 bits per heavy atom. The van der Waals surface area contributed by atoms with E-state index in [1.165, 1.54) is 24.1 Å². The zero-order chi connectivity index (χ0) is 14.7. The van der Waals surface area contributed by atoms with Gasteiger partial charge in [0.1, 0.15) is 0 Å². The van der Waals surface area contributed by atoms with Gasteiger partial charge in [-0.15, -0.1) is 0 Å². The number of amides is 1. The average molecular weight is 278 g/mol. The average Bonchev–Trinajstić information content (AvgIpc) is 2.45. The first-order valence-electron chi connectivity index (χ1n) is 6.17. The molecule has 7 nitrogen and oxygen atoms in total. The molecule has 1 aromatic rings. The second-order valence-corrected chi connectivity index (χ2v) is 4.44. The number of rotatable bonds is 4. The van der Waals surface area contributed by atoms with E-state index < -0.39 is 10.9 Å². The van der Waals surface area contributed by atoms with Gasteiger partial charge in [-0.2, -0.15) is 0 Å². The van der Waals surface area contributed by atoms with Crippen molar-refractivity contribution in [2.45, 2.75) is 19.3 Å². The van der Waals surface area contributed by atoms with Gasteiger partial charge in [0.15, 0.2) is 0 Å². The van der Waals surface area contributed by atoms with E-state index in [-0.39, 0.29) is 31.0 Å². The Morgan fingerprint density at radius 3 is 2.85 bits per heavy atom. The molecule has 0 N–H and O–H groups in total. The molecule has 0 radical (unpaired) electrons. The fourth-order valence-electron chi connectivity index (χ4n) is 2.21. The molecule has 0 aromatic heterocycles. The highest BCUT2D eigenvalue weighted by Crippen LogP contribution is 2.31. The maximum atomic E-state index is 11.9. The zero-order valence-electron chi connectivity index (χ0n) is 11.0. The van der Waals surface area contributed by atoms with E-state index in [0.717, 1.165) is 5.56 Å². The van der Waals surface area contributed by atoms with E-state index in [4.69, 9.17) is 0 Å². The minimum atomic E-state index is -0.463. The van der Waals surface area contributed by atoms with E-state index in [1.807, 2.05) is 0 Å². The second-order valence-electron chi connectivity index (χ2n) is 4.44. The summed E-state index contributed by atoms with van der Waals surface area (Å²) in [5.74, 6) is -0.484. The maximum absolute atomic E-state index is 11.9. The Labute approximate surface area is 115 Å². The molecule has 106 valence electrons. The summed E-state index contributed by atoms with van der Waals surface area (Å²) in [4.78, 5) is 34.9. The van der Waals surface area contributed by atoms with Crippen molar-refractivity contribution < 1.29 is 19.2 Å². The van der Waals surface area contributed by atoms with Crippen LogP contribution in [0.5, 0.6) is 0 Å². The lowest BCUT2D eigenvalue weighted by molar-refractivity contribution is -0.384. The summed E-state index contributed by atoms with van der Waals surface area (Å²) in [5.41, 5.74) is 1.39. The predicted molar refractivity (Wildman–Crippen MR) is 70.4 cm³/mol. The third kappa shape index (κ3) is 2.76. The van der Waals surface area contributed by atoms with Crippen molar-refractivity contribution in [3.8, 4) is 0 Å². The molecule has 0 spiro atoms. The number of aryl methyl sites for hydroxylation is 1. The number of nitro benzene ring substituents is 1. The van der Waals surface area contributed by atoms with Crippen molar-refractivity contribution in [1.29, 1.82) is 0 Å². The van der Waals surface area contributed by atoms with E-state index in [2.05, 4.69) is 4.74 Å². The number of esters is 1. The van der Waals surface area contributed by atoms with E-state index in [1.54, 1.807) is 6.07 Å². The van der Waals surface area contributed by atoms with Crippen molar-refractivity contribution in [1.82, 2.24) is 0 Å². The monoisotopic (exact) mass is 278 g/mol. The molecule has 0 atom stereocenters. The number of anilines is 1. The van der Waals surface area contributed by atoms with Gasteiger partial charge in [0.25, 0.3) is 5.69 Å². The first-order chi connectivity index (χ1) is 9.52. The molecule has 0 saturated carbocycles. The highest BCUT2D eigenvalue weighted by molar-refractivity contribution is 5.97. The van der Waals surface area contributed by atoms with Crippen LogP contribution >= 0.6 is 0 Å². The topological polar surface area (TPSA) is 89.8 Å². The second kappa shape index (κ2) is 5.68. The minimum absolute atomic E-state index is 0.00557. The maximum Gasteiger partial charge on any atom is 0.307 e. The summed E-state index contributed by atoms with van der Waals surface area (Å²) in [7, 11) is 1.29. The zero-order valence-corrected chi connectivity index (χ0v) is 11.0. The third-order valence-corrected chi connectivity index (χ3v) is 3.24. The Kier molecular flexibility index (Phi) is 3.97. The highest BCUT2D eigenvalue weighted by Gasteiger charge is 2.26. The van der Waals surface area contributed by atoms with Gasteiger partial charge in [0.2, 0.25) is 5.91 Å². The molecule has 0 aliphatic carbocycles. The molecule has 0 saturated heterocycles. The molecule has 1 amide bonds. The number of ether oxygens (including phenoxy) is 1. The molecule has 1 heterocycles. The molecular formula is C13H14N2O5. The van der Waals surface area contributed by atoms with Gasteiger partial charge in [-0.05, 0) is 18.1 Å². The Hall–Kier alpha value is -2.44. The lowest BCUT2D eigenvalue weighted by Gasteiger charge is -2.28. The normalized spacial score (nSPS) is 13.8.